The second kappa shape index (κ2) is 5.27. The smallest absolute Gasteiger partial charge is 0.218 e. The van der Waals surface area contributed by atoms with Crippen molar-refractivity contribution in [3.63, 3.8) is 0 Å². The van der Waals surface area contributed by atoms with Gasteiger partial charge in [-0.25, -0.2) is 9.97 Å². The van der Waals surface area contributed by atoms with Crippen LogP contribution >= 0.6 is 27.5 Å². The molecule has 5 heteroatoms. The van der Waals surface area contributed by atoms with Gasteiger partial charge in [0.2, 0.25) is 5.88 Å². The van der Waals surface area contributed by atoms with E-state index < -0.39 is 0 Å². The summed E-state index contributed by atoms with van der Waals surface area (Å²) >= 11 is 9.16. The molecule has 82 valence electrons. The van der Waals surface area contributed by atoms with Gasteiger partial charge >= 0.3 is 0 Å². The van der Waals surface area contributed by atoms with Gasteiger partial charge in [0, 0.05) is 16.1 Å². The monoisotopic (exact) mass is 298 g/mol. The fraction of sp³-hybridized carbons (Fsp3) is 0.0909. The number of halogens is 2. The van der Waals surface area contributed by atoms with Gasteiger partial charge in [-0.3, -0.25) is 0 Å². The van der Waals surface area contributed by atoms with Crippen LogP contribution in [0.1, 0.15) is 5.56 Å². The molecular formula is C11H8BrClN2O. The van der Waals surface area contributed by atoms with Crippen LogP contribution in [0.2, 0.25) is 5.15 Å². The van der Waals surface area contributed by atoms with Crippen LogP contribution in [0.15, 0.2) is 41.1 Å². The Morgan fingerprint density at radius 2 is 2.06 bits per heavy atom. The van der Waals surface area contributed by atoms with Gasteiger partial charge in [0.05, 0.1) is 0 Å². The van der Waals surface area contributed by atoms with Crippen molar-refractivity contribution in [3.05, 3.63) is 51.8 Å². The van der Waals surface area contributed by atoms with Gasteiger partial charge in [0.25, 0.3) is 0 Å². The highest BCUT2D eigenvalue weighted by molar-refractivity contribution is 9.10. The van der Waals surface area contributed by atoms with Gasteiger partial charge in [-0.1, -0.05) is 45.7 Å². The van der Waals surface area contributed by atoms with E-state index in [9.17, 15) is 0 Å². The standard InChI is InChI=1S/C11H8BrClN2O/c12-9-4-2-1-3-8(9)6-16-11-5-10(13)14-7-15-11/h1-5,7H,6H2. The van der Waals surface area contributed by atoms with E-state index in [1.807, 2.05) is 24.3 Å². The summed E-state index contributed by atoms with van der Waals surface area (Å²) in [5.41, 5.74) is 1.05. The minimum Gasteiger partial charge on any atom is -0.473 e. The van der Waals surface area contributed by atoms with Crippen LogP contribution in [-0.4, -0.2) is 9.97 Å². The van der Waals surface area contributed by atoms with Crippen LogP contribution in [0, 0.1) is 0 Å². The molecule has 0 bridgehead atoms. The largest absolute Gasteiger partial charge is 0.473 e. The summed E-state index contributed by atoms with van der Waals surface area (Å²) < 4.78 is 6.50. The molecular weight excluding hydrogens is 291 g/mol. The van der Waals surface area contributed by atoms with Crippen molar-refractivity contribution in [2.45, 2.75) is 6.61 Å². The van der Waals surface area contributed by atoms with E-state index in [-0.39, 0.29) is 0 Å². The average Bonchev–Trinajstić information content (AvgIpc) is 2.28. The molecule has 2 aromatic rings. The molecule has 16 heavy (non-hydrogen) atoms. The molecule has 0 fully saturated rings. The van der Waals surface area contributed by atoms with E-state index in [0.717, 1.165) is 10.0 Å². The zero-order valence-corrected chi connectivity index (χ0v) is 10.6. The number of aromatic nitrogens is 2. The number of hydrogen-bond donors (Lipinski definition) is 0. The molecule has 0 aliphatic rings. The maximum atomic E-state index is 5.72. The third-order valence-corrected chi connectivity index (χ3v) is 2.92. The minimum atomic E-state index is 0.372. The maximum Gasteiger partial charge on any atom is 0.218 e. The summed E-state index contributed by atoms with van der Waals surface area (Å²) in [7, 11) is 0. The summed E-state index contributed by atoms with van der Waals surface area (Å²) in [4.78, 5) is 7.73. The lowest BCUT2D eigenvalue weighted by atomic mass is 10.2. The van der Waals surface area contributed by atoms with Crippen molar-refractivity contribution in [3.8, 4) is 5.88 Å². The van der Waals surface area contributed by atoms with E-state index in [1.54, 1.807) is 6.07 Å². The second-order valence-electron chi connectivity index (χ2n) is 3.06. The van der Waals surface area contributed by atoms with E-state index >= 15 is 0 Å². The molecule has 0 amide bonds. The van der Waals surface area contributed by atoms with Crippen LogP contribution in [0.4, 0.5) is 0 Å². The Kier molecular flexibility index (Phi) is 3.74. The van der Waals surface area contributed by atoms with E-state index in [2.05, 4.69) is 25.9 Å². The molecule has 1 heterocycles. The third-order valence-electron chi connectivity index (χ3n) is 1.94. The fourth-order valence-electron chi connectivity index (χ4n) is 1.16. The van der Waals surface area contributed by atoms with E-state index in [1.165, 1.54) is 6.33 Å². The quantitative estimate of drug-likeness (QED) is 0.814. The summed E-state index contributed by atoms with van der Waals surface area (Å²) in [6.07, 6.45) is 1.37. The Labute approximate surface area is 107 Å². The molecule has 0 saturated carbocycles. The molecule has 0 aliphatic heterocycles. The van der Waals surface area contributed by atoms with Gasteiger partial charge in [-0.2, -0.15) is 0 Å². The van der Waals surface area contributed by atoms with Crippen LogP contribution < -0.4 is 4.74 Å². The highest BCUT2D eigenvalue weighted by Gasteiger charge is 2.01. The Morgan fingerprint density at radius 3 is 2.81 bits per heavy atom. The lowest BCUT2D eigenvalue weighted by molar-refractivity contribution is 0.292. The number of nitrogens with zero attached hydrogens (tertiary/aromatic N) is 2. The van der Waals surface area contributed by atoms with Crippen molar-refractivity contribution in [2.75, 3.05) is 0 Å². The first-order chi connectivity index (χ1) is 7.75. The topological polar surface area (TPSA) is 35.0 Å². The van der Waals surface area contributed by atoms with Crippen molar-refractivity contribution < 1.29 is 4.74 Å². The predicted molar refractivity (Wildman–Crippen MR) is 65.5 cm³/mol. The third kappa shape index (κ3) is 2.93. The minimum absolute atomic E-state index is 0.372. The predicted octanol–water partition coefficient (Wildman–Crippen LogP) is 3.47. The summed E-state index contributed by atoms with van der Waals surface area (Å²) in [5, 5.41) is 0.372. The van der Waals surface area contributed by atoms with Crippen LogP contribution in [0.25, 0.3) is 0 Å². The first kappa shape index (κ1) is 11.4. The Morgan fingerprint density at radius 1 is 1.25 bits per heavy atom. The number of ether oxygens (including phenoxy) is 1. The Hall–Kier alpha value is -1.13. The van der Waals surface area contributed by atoms with Crippen LogP contribution in [0.3, 0.4) is 0 Å². The summed E-state index contributed by atoms with van der Waals surface area (Å²) in [6, 6.07) is 9.43. The van der Waals surface area contributed by atoms with Crippen molar-refractivity contribution in [2.24, 2.45) is 0 Å². The lowest BCUT2D eigenvalue weighted by Gasteiger charge is -2.06. The SMILES string of the molecule is Clc1cc(OCc2ccccc2Br)ncn1. The van der Waals surface area contributed by atoms with Crippen LogP contribution in [0.5, 0.6) is 5.88 Å². The molecule has 0 aliphatic carbocycles. The second-order valence-corrected chi connectivity index (χ2v) is 4.30. The molecule has 0 saturated heterocycles. The molecule has 3 nitrogen and oxygen atoms in total. The zero-order valence-electron chi connectivity index (χ0n) is 8.23. The van der Waals surface area contributed by atoms with Gasteiger partial charge in [-0.15, -0.1) is 0 Å². The van der Waals surface area contributed by atoms with Gasteiger partial charge in [0.15, 0.2) is 0 Å². The van der Waals surface area contributed by atoms with Gasteiger partial charge in [0.1, 0.15) is 18.1 Å². The van der Waals surface area contributed by atoms with Crippen molar-refractivity contribution in [1.29, 1.82) is 0 Å². The van der Waals surface area contributed by atoms with Crippen molar-refractivity contribution in [1.82, 2.24) is 9.97 Å². The van der Waals surface area contributed by atoms with Crippen LogP contribution in [-0.2, 0) is 6.61 Å². The molecule has 0 N–H and O–H groups in total. The number of benzene rings is 1. The molecule has 2 rings (SSSR count). The maximum absolute atomic E-state index is 5.72. The van der Waals surface area contributed by atoms with E-state index in [0.29, 0.717) is 17.6 Å². The molecule has 0 radical (unpaired) electrons. The van der Waals surface area contributed by atoms with Gasteiger partial charge in [-0.05, 0) is 6.07 Å². The van der Waals surface area contributed by atoms with E-state index in [4.69, 9.17) is 16.3 Å². The fourth-order valence-corrected chi connectivity index (χ4v) is 1.70. The Bertz CT molecular complexity index is 493. The Balaban J connectivity index is 2.05. The highest BCUT2D eigenvalue weighted by Crippen LogP contribution is 2.18. The first-order valence-corrected chi connectivity index (χ1v) is 5.76. The first-order valence-electron chi connectivity index (χ1n) is 4.59. The number of hydrogen-bond acceptors (Lipinski definition) is 3. The van der Waals surface area contributed by atoms with Gasteiger partial charge < -0.3 is 4.74 Å². The average molecular weight is 300 g/mol. The van der Waals surface area contributed by atoms with Crippen molar-refractivity contribution >= 4 is 27.5 Å². The molecule has 0 spiro atoms. The highest BCUT2D eigenvalue weighted by atomic mass is 79.9. The summed E-state index contributed by atoms with van der Waals surface area (Å²) in [6.45, 7) is 0.439. The lowest BCUT2D eigenvalue weighted by Crippen LogP contribution is -1.98. The molecule has 0 unspecified atom stereocenters. The zero-order chi connectivity index (χ0) is 11.4. The molecule has 1 aromatic carbocycles. The molecule has 0 atom stereocenters. The number of rotatable bonds is 3. The summed E-state index contributed by atoms with van der Waals surface area (Å²) in [5.74, 6) is 0.468. The molecule has 1 aromatic heterocycles. The normalized spacial score (nSPS) is 10.1.